The predicted molar refractivity (Wildman–Crippen MR) is 47.1 cm³/mol. The Morgan fingerprint density at radius 3 is 2.46 bits per heavy atom. The molecule has 0 atom stereocenters. The maximum Gasteiger partial charge on any atom is 0.414 e. The van der Waals surface area contributed by atoms with Gasteiger partial charge in [-0.15, -0.1) is 0 Å². The monoisotopic (exact) mass is 183 g/mol. The molecule has 1 fully saturated rings. The highest BCUT2D eigenvalue weighted by Crippen LogP contribution is 2.08. The number of amides is 1. The van der Waals surface area contributed by atoms with Crippen molar-refractivity contribution in [2.75, 3.05) is 13.1 Å². The van der Waals surface area contributed by atoms with Crippen LogP contribution < -0.4 is 0 Å². The van der Waals surface area contributed by atoms with Crippen molar-refractivity contribution in [3.05, 3.63) is 12.3 Å². The quantitative estimate of drug-likeness (QED) is 0.576. The first-order chi connectivity index (χ1) is 6.09. The molecule has 1 heterocycles. The van der Waals surface area contributed by atoms with Crippen LogP contribution in [-0.2, 0) is 9.53 Å². The Morgan fingerprint density at radius 1 is 1.46 bits per heavy atom. The maximum atomic E-state index is 11.2. The van der Waals surface area contributed by atoms with Gasteiger partial charge in [-0.2, -0.15) is 0 Å². The molecule has 1 aliphatic heterocycles. The van der Waals surface area contributed by atoms with Crippen molar-refractivity contribution in [2.45, 2.75) is 19.8 Å². The number of Topliss-reactive ketones (excluding diaryl/α,β-unsaturated/α-hetero) is 1. The zero-order valence-corrected chi connectivity index (χ0v) is 7.71. The van der Waals surface area contributed by atoms with Crippen molar-refractivity contribution in [1.82, 2.24) is 4.90 Å². The van der Waals surface area contributed by atoms with Gasteiger partial charge in [0, 0.05) is 25.9 Å². The van der Waals surface area contributed by atoms with Crippen LogP contribution in [0.1, 0.15) is 19.8 Å². The third-order valence-electron chi connectivity index (χ3n) is 1.84. The van der Waals surface area contributed by atoms with E-state index >= 15 is 0 Å². The Morgan fingerprint density at radius 2 is 2.00 bits per heavy atom. The molecule has 1 rings (SSSR count). The molecule has 0 aromatic carbocycles. The highest BCUT2D eigenvalue weighted by molar-refractivity contribution is 5.81. The van der Waals surface area contributed by atoms with Gasteiger partial charge in [0.25, 0.3) is 0 Å². The lowest BCUT2D eigenvalue weighted by Gasteiger charge is -2.24. The van der Waals surface area contributed by atoms with E-state index < -0.39 is 6.09 Å². The molecule has 13 heavy (non-hydrogen) atoms. The van der Waals surface area contributed by atoms with Crippen molar-refractivity contribution < 1.29 is 14.3 Å². The van der Waals surface area contributed by atoms with E-state index in [0.29, 0.717) is 31.7 Å². The summed E-state index contributed by atoms with van der Waals surface area (Å²) in [6.45, 7) is 6.01. The molecule has 0 bridgehead atoms. The number of carbonyl (C=O) groups is 2. The number of likely N-dealkylation sites (tertiary alicyclic amines) is 1. The third-order valence-corrected chi connectivity index (χ3v) is 1.84. The summed E-state index contributed by atoms with van der Waals surface area (Å²) in [6, 6.07) is 0. The normalized spacial score (nSPS) is 17.0. The van der Waals surface area contributed by atoms with E-state index in [1.54, 1.807) is 6.92 Å². The molecule has 0 spiro atoms. The fourth-order valence-electron chi connectivity index (χ4n) is 1.15. The lowest BCUT2D eigenvalue weighted by molar-refractivity contribution is -0.121. The van der Waals surface area contributed by atoms with E-state index in [9.17, 15) is 9.59 Å². The minimum Gasteiger partial charge on any atom is -0.416 e. The van der Waals surface area contributed by atoms with E-state index in [1.165, 1.54) is 4.90 Å². The second-order valence-electron chi connectivity index (χ2n) is 3.10. The van der Waals surface area contributed by atoms with Crippen molar-refractivity contribution in [2.24, 2.45) is 0 Å². The van der Waals surface area contributed by atoms with Crippen LogP contribution in [0.4, 0.5) is 4.79 Å². The molecule has 4 heteroatoms. The highest BCUT2D eigenvalue weighted by Gasteiger charge is 2.21. The van der Waals surface area contributed by atoms with Gasteiger partial charge in [0.15, 0.2) is 0 Å². The average Bonchev–Trinajstić information content (AvgIpc) is 2.04. The number of ketones is 1. The standard InChI is InChI=1S/C9H13NO3/c1-7(2)13-9(12)10-5-3-8(11)4-6-10/h1,3-6H2,2H3. The SMILES string of the molecule is C=C(C)OC(=O)N1CCC(=O)CC1. The van der Waals surface area contributed by atoms with Crippen molar-refractivity contribution in [3.8, 4) is 0 Å². The first kappa shape index (κ1) is 9.77. The molecule has 1 aliphatic rings. The number of rotatable bonds is 1. The fourth-order valence-corrected chi connectivity index (χ4v) is 1.15. The summed E-state index contributed by atoms with van der Waals surface area (Å²) in [7, 11) is 0. The minimum atomic E-state index is -0.403. The van der Waals surface area contributed by atoms with E-state index in [4.69, 9.17) is 4.74 Å². The second kappa shape index (κ2) is 4.07. The van der Waals surface area contributed by atoms with Gasteiger partial charge in [-0.25, -0.2) is 4.79 Å². The van der Waals surface area contributed by atoms with Gasteiger partial charge < -0.3 is 9.64 Å². The average molecular weight is 183 g/mol. The van der Waals surface area contributed by atoms with Crippen LogP contribution in [0.2, 0.25) is 0 Å². The largest absolute Gasteiger partial charge is 0.416 e. The van der Waals surface area contributed by atoms with Crippen LogP contribution in [-0.4, -0.2) is 29.9 Å². The molecular weight excluding hydrogens is 170 g/mol. The molecule has 0 radical (unpaired) electrons. The summed E-state index contributed by atoms with van der Waals surface area (Å²) in [6.07, 6.45) is 0.469. The molecule has 0 aromatic rings. The van der Waals surface area contributed by atoms with Gasteiger partial charge in [0.1, 0.15) is 5.78 Å². The number of piperidine rings is 1. The summed E-state index contributed by atoms with van der Waals surface area (Å²) in [5.41, 5.74) is 0. The van der Waals surface area contributed by atoms with Gasteiger partial charge >= 0.3 is 6.09 Å². The number of hydrogen-bond donors (Lipinski definition) is 0. The molecule has 0 N–H and O–H groups in total. The predicted octanol–water partition coefficient (Wildman–Crippen LogP) is 1.32. The maximum absolute atomic E-state index is 11.2. The molecule has 0 unspecified atom stereocenters. The van der Waals surface area contributed by atoms with Crippen LogP contribution in [0.15, 0.2) is 12.3 Å². The smallest absolute Gasteiger partial charge is 0.414 e. The Hall–Kier alpha value is -1.32. The Kier molecular flexibility index (Phi) is 3.06. The molecule has 0 saturated carbocycles. The van der Waals surface area contributed by atoms with Gasteiger partial charge in [-0.1, -0.05) is 6.58 Å². The van der Waals surface area contributed by atoms with Gasteiger partial charge in [-0.3, -0.25) is 4.79 Å². The fraction of sp³-hybridized carbons (Fsp3) is 0.556. The van der Waals surface area contributed by atoms with Crippen LogP contribution in [0.25, 0.3) is 0 Å². The van der Waals surface area contributed by atoms with Gasteiger partial charge in [0.05, 0.1) is 5.76 Å². The third kappa shape index (κ3) is 2.89. The van der Waals surface area contributed by atoms with Crippen LogP contribution in [0.3, 0.4) is 0 Å². The van der Waals surface area contributed by atoms with E-state index in [-0.39, 0.29) is 5.78 Å². The molecule has 0 aromatic heterocycles. The summed E-state index contributed by atoms with van der Waals surface area (Å²) < 4.78 is 4.81. The first-order valence-corrected chi connectivity index (χ1v) is 4.23. The van der Waals surface area contributed by atoms with Crippen molar-refractivity contribution in [1.29, 1.82) is 0 Å². The molecule has 72 valence electrons. The van der Waals surface area contributed by atoms with Gasteiger partial charge in [-0.05, 0) is 6.92 Å². The highest BCUT2D eigenvalue weighted by atomic mass is 16.6. The second-order valence-corrected chi connectivity index (χ2v) is 3.10. The van der Waals surface area contributed by atoms with Crippen molar-refractivity contribution in [3.63, 3.8) is 0 Å². The van der Waals surface area contributed by atoms with E-state index in [2.05, 4.69) is 6.58 Å². The molecule has 1 saturated heterocycles. The van der Waals surface area contributed by atoms with Crippen LogP contribution >= 0.6 is 0 Å². The lowest BCUT2D eigenvalue weighted by Crippen LogP contribution is -2.38. The summed E-state index contributed by atoms with van der Waals surface area (Å²) >= 11 is 0. The topological polar surface area (TPSA) is 46.6 Å². The Balaban J connectivity index is 2.40. The van der Waals surface area contributed by atoms with E-state index in [0.717, 1.165) is 0 Å². The number of nitrogens with zero attached hydrogens (tertiary/aromatic N) is 1. The zero-order valence-electron chi connectivity index (χ0n) is 7.71. The minimum absolute atomic E-state index is 0.208. The molecule has 1 amide bonds. The number of carbonyl (C=O) groups excluding carboxylic acids is 2. The number of ether oxygens (including phenoxy) is 1. The van der Waals surface area contributed by atoms with Crippen LogP contribution in [0, 0.1) is 0 Å². The molecule has 4 nitrogen and oxygen atoms in total. The zero-order chi connectivity index (χ0) is 9.84. The Labute approximate surface area is 77.2 Å². The first-order valence-electron chi connectivity index (χ1n) is 4.23. The van der Waals surface area contributed by atoms with E-state index in [1.807, 2.05) is 0 Å². The van der Waals surface area contributed by atoms with Crippen molar-refractivity contribution >= 4 is 11.9 Å². The molecular formula is C9H13NO3. The Bertz CT molecular complexity index is 237. The number of hydrogen-bond acceptors (Lipinski definition) is 3. The lowest BCUT2D eigenvalue weighted by atomic mass is 10.1. The molecule has 0 aliphatic carbocycles. The summed E-state index contributed by atoms with van der Waals surface area (Å²) in [5.74, 6) is 0.585. The summed E-state index contributed by atoms with van der Waals surface area (Å²) in [4.78, 5) is 23.6. The summed E-state index contributed by atoms with van der Waals surface area (Å²) in [5, 5.41) is 0. The van der Waals surface area contributed by atoms with Gasteiger partial charge in [0.2, 0.25) is 0 Å². The number of allylic oxidation sites excluding steroid dienone is 1. The van der Waals surface area contributed by atoms with Crippen LogP contribution in [0.5, 0.6) is 0 Å².